The van der Waals surface area contributed by atoms with E-state index in [0.29, 0.717) is 18.4 Å². The molecule has 0 fully saturated rings. The molecule has 0 aromatic heterocycles. The average molecular weight is 345 g/mol. The summed E-state index contributed by atoms with van der Waals surface area (Å²) in [5.74, 6) is -1.68. The van der Waals surface area contributed by atoms with E-state index < -0.39 is 17.7 Å². The molecule has 0 saturated heterocycles. The number of carbonyl (C=O) groups excluding carboxylic acids is 1. The molecule has 0 saturated carbocycles. The highest BCUT2D eigenvalue weighted by Crippen LogP contribution is 2.29. The molecule has 0 radical (unpaired) electrons. The third kappa shape index (κ3) is 6.60. The molecule has 0 aliphatic carbocycles. The molecule has 1 amide bonds. The molecule has 7 heteroatoms. The van der Waals surface area contributed by atoms with Gasteiger partial charge in [-0.15, -0.1) is 0 Å². The largest absolute Gasteiger partial charge is 0.481 e. The van der Waals surface area contributed by atoms with Gasteiger partial charge in [0.15, 0.2) is 0 Å². The molecule has 2 atom stereocenters. The molecule has 1 aromatic rings. The van der Waals surface area contributed by atoms with Crippen molar-refractivity contribution in [2.75, 3.05) is 6.54 Å². The maximum absolute atomic E-state index is 12.5. The minimum absolute atomic E-state index is 0.0318. The second-order valence-corrected chi connectivity index (χ2v) is 5.95. The van der Waals surface area contributed by atoms with Crippen LogP contribution in [-0.2, 0) is 22.2 Å². The number of rotatable bonds is 8. The van der Waals surface area contributed by atoms with Crippen molar-refractivity contribution < 1.29 is 27.9 Å². The van der Waals surface area contributed by atoms with Gasteiger partial charge in [0.25, 0.3) is 0 Å². The molecule has 2 N–H and O–H groups in total. The van der Waals surface area contributed by atoms with Crippen molar-refractivity contribution >= 4 is 11.9 Å². The normalized spacial score (nSPS) is 14.0. The first-order chi connectivity index (χ1) is 11.1. The van der Waals surface area contributed by atoms with Crippen LogP contribution in [0.25, 0.3) is 0 Å². The quantitative estimate of drug-likeness (QED) is 0.758. The van der Waals surface area contributed by atoms with E-state index in [1.807, 2.05) is 6.92 Å². The Balaban J connectivity index is 2.60. The van der Waals surface area contributed by atoms with Crippen molar-refractivity contribution in [2.45, 2.75) is 39.3 Å². The summed E-state index contributed by atoms with van der Waals surface area (Å²) in [5.41, 5.74) is -0.0603. The minimum atomic E-state index is -4.37. The van der Waals surface area contributed by atoms with Crippen LogP contribution in [0.15, 0.2) is 24.3 Å². The number of aliphatic carboxylic acids is 1. The van der Waals surface area contributed by atoms with Crippen LogP contribution in [0.2, 0.25) is 0 Å². The van der Waals surface area contributed by atoms with Crippen molar-refractivity contribution in [3.8, 4) is 0 Å². The van der Waals surface area contributed by atoms with E-state index in [4.69, 9.17) is 5.11 Å². The third-order valence-corrected chi connectivity index (χ3v) is 3.77. The first-order valence-electron chi connectivity index (χ1n) is 7.79. The highest BCUT2D eigenvalue weighted by molar-refractivity contribution is 5.79. The lowest BCUT2D eigenvalue weighted by atomic mass is 9.95. The number of carbonyl (C=O) groups is 2. The highest BCUT2D eigenvalue weighted by atomic mass is 19.4. The number of hydrogen-bond donors (Lipinski definition) is 2. The molecule has 4 nitrogen and oxygen atoms in total. The SMILES string of the molecule is CCC(Cc1ccc(C(F)(F)F)cc1)C(=O)NCC(C)CC(=O)O. The maximum Gasteiger partial charge on any atom is 0.416 e. The first-order valence-corrected chi connectivity index (χ1v) is 7.79. The topological polar surface area (TPSA) is 66.4 Å². The number of carboxylic acids is 1. The molecule has 2 unspecified atom stereocenters. The Morgan fingerprint density at radius 1 is 1.21 bits per heavy atom. The third-order valence-electron chi connectivity index (χ3n) is 3.77. The molecule has 0 aliphatic rings. The Bertz CT molecular complexity index is 555. The molecule has 134 valence electrons. The van der Waals surface area contributed by atoms with Gasteiger partial charge >= 0.3 is 12.1 Å². The number of benzene rings is 1. The first kappa shape index (κ1) is 20.0. The zero-order valence-electron chi connectivity index (χ0n) is 13.7. The average Bonchev–Trinajstić information content (AvgIpc) is 2.49. The van der Waals surface area contributed by atoms with E-state index in [1.165, 1.54) is 12.1 Å². The predicted molar refractivity (Wildman–Crippen MR) is 83.4 cm³/mol. The van der Waals surface area contributed by atoms with Crippen LogP contribution in [0.1, 0.15) is 37.8 Å². The molecule has 0 aliphatic heterocycles. The molecule has 0 heterocycles. The number of halogens is 3. The fourth-order valence-corrected chi connectivity index (χ4v) is 2.33. The predicted octanol–water partition coefficient (Wildman–Crippen LogP) is 3.50. The maximum atomic E-state index is 12.5. The van der Waals surface area contributed by atoms with Gasteiger partial charge in [0.1, 0.15) is 0 Å². The van der Waals surface area contributed by atoms with E-state index in [1.54, 1.807) is 6.92 Å². The second kappa shape index (κ2) is 8.70. The molecule has 24 heavy (non-hydrogen) atoms. The summed E-state index contributed by atoms with van der Waals surface area (Å²) < 4.78 is 37.6. The standard InChI is InChI=1S/C17H22F3NO3/c1-3-13(16(24)21-10-11(2)8-15(22)23)9-12-4-6-14(7-5-12)17(18,19)20/h4-7,11,13H,3,8-10H2,1-2H3,(H,21,24)(H,22,23). The number of carboxylic acid groups (broad SMARTS) is 1. The fourth-order valence-electron chi connectivity index (χ4n) is 2.33. The number of nitrogens with one attached hydrogen (secondary N) is 1. The fraction of sp³-hybridized carbons (Fsp3) is 0.529. The smallest absolute Gasteiger partial charge is 0.416 e. The van der Waals surface area contributed by atoms with Crippen LogP contribution in [0, 0.1) is 11.8 Å². The number of hydrogen-bond acceptors (Lipinski definition) is 2. The highest BCUT2D eigenvalue weighted by Gasteiger charge is 2.30. The zero-order valence-corrected chi connectivity index (χ0v) is 13.7. The second-order valence-electron chi connectivity index (χ2n) is 5.95. The van der Waals surface area contributed by atoms with E-state index in [2.05, 4.69) is 5.32 Å². The Morgan fingerprint density at radius 2 is 1.79 bits per heavy atom. The lowest BCUT2D eigenvalue weighted by Gasteiger charge is -2.17. The van der Waals surface area contributed by atoms with Gasteiger partial charge < -0.3 is 10.4 Å². The summed E-state index contributed by atoms with van der Waals surface area (Å²) in [7, 11) is 0. The molecule has 1 aromatic carbocycles. The molecule has 0 bridgehead atoms. The van der Waals surface area contributed by atoms with Gasteiger partial charge in [-0.1, -0.05) is 26.0 Å². The lowest BCUT2D eigenvalue weighted by Crippen LogP contribution is -2.35. The molecule has 0 spiro atoms. The van der Waals surface area contributed by atoms with Crippen molar-refractivity contribution in [3.05, 3.63) is 35.4 Å². The van der Waals surface area contributed by atoms with Gasteiger partial charge in [-0.25, -0.2) is 0 Å². The van der Waals surface area contributed by atoms with Crippen LogP contribution in [0.5, 0.6) is 0 Å². The van der Waals surface area contributed by atoms with E-state index in [-0.39, 0.29) is 30.7 Å². The van der Waals surface area contributed by atoms with Crippen LogP contribution in [-0.4, -0.2) is 23.5 Å². The Labute approximate surface area is 139 Å². The van der Waals surface area contributed by atoms with Gasteiger partial charge in [0.05, 0.1) is 5.56 Å². The van der Waals surface area contributed by atoms with E-state index >= 15 is 0 Å². The Hall–Kier alpha value is -2.05. The van der Waals surface area contributed by atoms with Crippen LogP contribution in [0.3, 0.4) is 0 Å². The summed E-state index contributed by atoms with van der Waals surface area (Å²) >= 11 is 0. The number of amides is 1. The summed E-state index contributed by atoms with van der Waals surface area (Å²) in [6.45, 7) is 3.81. The van der Waals surface area contributed by atoms with Gasteiger partial charge in [-0.2, -0.15) is 13.2 Å². The summed E-state index contributed by atoms with van der Waals surface area (Å²) in [5, 5.41) is 11.4. The zero-order chi connectivity index (χ0) is 18.3. The van der Waals surface area contributed by atoms with Crippen LogP contribution in [0.4, 0.5) is 13.2 Å². The number of alkyl halides is 3. The van der Waals surface area contributed by atoms with Gasteiger partial charge in [0.2, 0.25) is 5.91 Å². The Kier molecular flexibility index (Phi) is 7.25. The molecule has 1 rings (SSSR count). The van der Waals surface area contributed by atoms with Gasteiger partial charge in [-0.3, -0.25) is 9.59 Å². The van der Waals surface area contributed by atoms with Crippen LogP contribution < -0.4 is 5.32 Å². The minimum Gasteiger partial charge on any atom is -0.481 e. The van der Waals surface area contributed by atoms with Crippen molar-refractivity contribution in [3.63, 3.8) is 0 Å². The molecular formula is C17H22F3NO3. The summed E-state index contributed by atoms with van der Waals surface area (Å²) in [4.78, 5) is 22.7. The van der Waals surface area contributed by atoms with Gasteiger partial charge in [0, 0.05) is 18.9 Å². The Morgan fingerprint density at radius 3 is 2.25 bits per heavy atom. The summed E-state index contributed by atoms with van der Waals surface area (Å²) in [6, 6.07) is 4.78. The van der Waals surface area contributed by atoms with E-state index in [0.717, 1.165) is 12.1 Å². The van der Waals surface area contributed by atoms with Gasteiger partial charge in [-0.05, 0) is 36.5 Å². The lowest BCUT2D eigenvalue weighted by molar-refractivity contribution is -0.138. The molecular weight excluding hydrogens is 323 g/mol. The summed E-state index contributed by atoms with van der Waals surface area (Å²) in [6.07, 6.45) is -3.52. The van der Waals surface area contributed by atoms with Crippen molar-refractivity contribution in [1.82, 2.24) is 5.32 Å². The van der Waals surface area contributed by atoms with E-state index in [9.17, 15) is 22.8 Å². The van der Waals surface area contributed by atoms with Crippen LogP contribution >= 0.6 is 0 Å². The van der Waals surface area contributed by atoms with Crippen molar-refractivity contribution in [1.29, 1.82) is 0 Å². The monoisotopic (exact) mass is 345 g/mol. The van der Waals surface area contributed by atoms with Crippen molar-refractivity contribution in [2.24, 2.45) is 11.8 Å².